The molecule has 0 radical (unpaired) electrons. The van der Waals surface area contributed by atoms with Crippen molar-refractivity contribution in [3.8, 4) is 5.75 Å². The summed E-state index contributed by atoms with van der Waals surface area (Å²) in [6.45, 7) is 0. The van der Waals surface area contributed by atoms with Gasteiger partial charge in [-0.3, -0.25) is 9.59 Å². The van der Waals surface area contributed by atoms with Gasteiger partial charge in [0.25, 0.3) is 5.91 Å². The van der Waals surface area contributed by atoms with Crippen molar-refractivity contribution in [3.05, 3.63) is 41.5 Å². The molecule has 1 amide bonds. The van der Waals surface area contributed by atoms with Crippen LogP contribution in [0, 0.1) is 17.8 Å². The summed E-state index contributed by atoms with van der Waals surface area (Å²) in [4.78, 5) is 26.8. The quantitative estimate of drug-likeness (QED) is 0.584. The number of rotatable bonds is 4. The molecule has 186 valence electrons. The smallest absolute Gasteiger partial charge is 0.420 e. The van der Waals surface area contributed by atoms with Gasteiger partial charge < -0.3 is 14.7 Å². The van der Waals surface area contributed by atoms with E-state index in [0.29, 0.717) is 35.6 Å². The van der Waals surface area contributed by atoms with Crippen LogP contribution in [0.25, 0.3) is 10.8 Å². The van der Waals surface area contributed by atoms with Gasteiger partial charge in [0, 0.05) is 17.6 Å². The van der Waals surface area contributed by atoms with E-state index in [9.17, 15) is 27.9 Å². The fourth-order valence-corrected chi connectivity index (χ4v) is 6.83. The molecule has 4 atom stereocenters. The first-order chi connectivity index (χ1) is 16.7. The number of carbonyl (C=O) groups excluding carboxylic acids is 1. The Morgan fingerprint density at radius 3 is 2.26 bits per heavy atom. The van der Waals surface area contributed by atoms with E-state index in [1.807, 2.05) is 0 Å². The van der Waals surface area contributed by atoms with Gasteiger partial charge in [-0.25, -0.2) is 0 Å². The highest BCUT2D eigenvalue weighted by Gasteiger charge is 2.48. The molecule has 2 aromatic rings. The topological polar surface area (TPSA) is 66.8 Å². The normalized spacial score (nSPS) is 31.8. The first kappa shape index (κ1) is 22.7. The lowest BCUT2D eigenvalue weighted by Crippen LogP contribution is -2.55. The lowest BCUT2D eigenvalue weighted by atomic mass is 9.78. The number of piperidine rings is 2. The van der Waals surface area contributed by atoms with Gasteiger partial charge in [0.1, 0.15) is 11.3 Å². The van der Waals surface area contributed by atoms with Crippen LogP contribution >= 0.6 is 0 Å². The number of carbonyl (C=O) groups is 2. The summed E-state index contributed by atoms with van der Waals surface area (Å²) >= 11 is 0. The van der Waals surface area contributed by atoms with Crippen molar-refractivity contribution < 1.29 is 32.6 Å². The van der Waals surface area contributed by atoms with Crippen LogP contribution in [-0.4, -0.2) is 40.1 Å². The van der Waals surface area contributed by atoms with Gasteiger partial charge in [0.15, 0.2) is 0 Å². The van der Waals surface area contributed by atoms with Crippen molar-refractivity contribution in [2.24, 2.45) is 17.8 Å². The molecule has 2 heterocycles. The molecule has 2 aliphatic carbocycles. The molecule has 2 saturated heterocycles. The number of ether oxygens (including phenoxy) is 1. The third kappa shape index (κ3) is 4.04. The third-order valence-electron chi connectivity index (χ3n) is 8.56. The molecule has 2 bridgehead atoms. The second-order valence-electron chi connectivity index (χ2n) is 10.8. The number of carboxylic acids is 1. The fraction of sp³-hybridized carbons (Fsp3) is 0.556. The van der Waals surface area contributed by atoms with Gasteiger partial charge in [-0.1, -0.05) is 12.1 Å². The maximum atomic E-state index is 14.1. The second-order valence-corrected chi connectivity index (χ2v) is 10.8. The molecule has 6 rings (SSSR count). The van der Waals surface area contributed by atoms with E-state index in [2.05, 4.69) is 0 Å². The van der Waals surface area contributed by atoms with Gasteiger partial charge >= 0.3 is 12.1 Å². The van der Waals surface area contributed by atoms with Crippen LogP contribution in [-0.2, 0) is 11.0 Å². The Bertz CT molecular complexity index is 1170. The monoisotopic (exact) mass is 487 g/mol. The second kappa shape index (κ2) is 8.14. The van der Waals surface area contributed by atoms with E-state index in [1.165, 1.54) is 24.3 Å². The standard InChI is InChI=1S/C27H28F3NO4/c28-27(29,30)24-22-6-4-15(8-14(22)5-7-23(24)35-21-12-16-9-17(16)13-21)25(32)31-19-2-1-3-20(31)11-18(10-19)26(33)34/h4-8,16-21H,1-3,9-13H2,(H,33,34). The molecule has 0 spiro atoms. The SMILES string of the molecule is O=C(O)C1CC2CCCC(C1)N2C(=O)c1ccc2c(C(F)(F)F)c(OC3CC4CC4C3)ccc2c1. The molecule has 4 unspecified atom stereocenters. The largest absolute Gasteiger partial charge is 0.490 e. The average molecular weight is 488 g/mol. The van der Waals surface area contributed by atoms with Gasteiger partial charge in [-0.2, -0.15) is 13.2 Å². The minimum absolute atomic E-state index is 0.0273. The van der Waals surface area contributed by atoms with Gasteiger partial charge in [-0.05, 0) is 92.2 Å². The van der Waals surface area contributed by atoms with Crippen LogP contribution < -0.4 is 4.74 Å². The molecule has 8 heteroatoms. The predicted octanol–water partition coefficient (Wildman–Crippen LogP) is 5.89. The maximum absolute atomic E-state index is 14.1. The molecule has 2 aromatic carbocycles. The average Bonchev–Trinajstić information content (AvgIpc) is 3.41. The highest BCUT2D eigenvalue weighted by atomic mass is 19.4. The molecule has 2 aliphatic heterocycles. The number of hydrogen-bond acceptors (Lipinski definition) is 3. The zero-order chi connectivity index (χ0) is 24.5. The number of aliphatic carboxylic acids is 1. The molecule has 0 aromatic heterocycles. The van der Waals surface area contributed by atoms with E-state index in [1.54, 1.807) is 11.0 Å². The Labute approximate surface area is 201 Å². The summed E-state index contributed by atoms with van der Waals surface area (Å²) < 4.78 is 48.3. The summed E-state index contributed by atoms with van der Waals surface area (Å²) in [7, 11) is 0. The number of halogens is 3. The summed E-state index contributed by atoms with van der Waals surface area (Å²) in [6, 6.07) is 7.06. The lowest BCUT2D eigenvalue weighted by Gasteiger charge is -2.48. The molecule has 4 fully saturated rings. The summed E-state index contributed by atoms with van der Waals surface area (Å²) in [6.07, 6.45) is 1.33. The highest BCUT2D eigenvalue weighted by Crippen LogP contribution is 2.53. The predicted molar refractivity (Wildman–Crippen MR) is 122 cm³/mol. The molecule has 5 nitrogen and oxygen atoms in total. The number of nitrogens with zero attached hydrogens (tertiary/aromatic N) is 1. The maximum Gasteiger partial charge on any atom is 0.420 e. The highest BCUT2D eigenvalue weighted by molar-refractivity contribution is 6.00. The first-order valence-corrected chi connectivity index (χ1v) is 12.5. The van der Waals surface area contributed by atoms with Crippen molar-refractivity contribution in [2.45, 2.75) is 75.7 Å². The minimum atomic E-state index is -4.59. The zero-order valence-electron chi connectivity index (χ0n) is 19.3. The number of fused-ring (bicyclic) bond motifs is 4. The van der Waals surface area contributed by atoms with Gasteiger partial charge in [0.05, 0.1) is 12.0 Å². The Balaban J connectivity index is 1.31. The van der Waals surface area contributed by atoms with Crippen LogP contribution in [0.2, 0.25) is 0 Å². The van der Waals surface area contributed by atoms with E-state index in [0.717, 1.165) is 38.5 Å². The Hall–Kier alpha value is -2.77. The number of benzene rings is 2. The Morgan fingerprint density at radius 2 is 1.63 bits per heavy atom. The molecule has 4 aliphatic rings. The Morgan fingerprint density at radius 1 is 0.943 bits per heavy atom. The number of amides is 1. The van der Waals surface area contributed by atoms with Crippen molar-refractivity contribution >= 4 is 22.6 Å². The zero-order valence-corrected chi connectivity index (χ0v) is 19.3. The van der Waals surface area contributed by atoms with Crippen molar-refractivity contribution in [2.75, 3.05) is 0 Å². The lowest BCUT2D eigenvalue weighted by molar-refractivity contribution is -0.145. The Kier molecular flexibility index (Phi) is 5.27. The van der Waals surface area contributed by atoms with E-state index < -0.39 is 23.6 Å². The van der Waals surface area contributed by atoms with Crippen LogP contribution in [0.5, 0.6) is 5.75 Å². The van der Waals surface area contributed by atoms with Crippen LogP contribution in [0.15, 0.2) is 30.3 Å². The van der Waals surface area contributed by atoms with Crippen LogP contribution in [0.3, 0.4) is 0 Å². The molecular weight excluding hydrogens is 459 g/mol. The third-order valence-corrected chi connectivity index (χ3v) is 8.56. The van der Waals surface area contributed by atoms with E-state index in [4.69, 9.17) is 4.74 Å². The van der Waals surface area contributed by atoms with Crippen molar-refractivity contribution in [3.63, 3.8) is 0 Å². The molecular formula is C27H28F3NO4. The minimum Gasteiger partial charge on any atom is -0.490 e. The summed E-state index contributed by atoms with van der Waals surface area (Å²) in [5, 5.41) is 9.84. The molecule has 35 heavy (non-hydrogen) atoms. The molecule has 1 N–H and O–H groups in total. The number of alkyl halides is 3. The van der Waals surface area contributed by atoms with Crippen LogP contribution in [0.1, 0.15) is 67.3 Å². The van der Waals surface area contributed by atoms with Crippen molar-refractivity contribution in [1.29, 1.82) is 0 Å². The first-order valence-electron chi connectivity index (χ1n) is 12.5. The van der Waals surface area contributed by atoms with Gasteiger partial charge in [-0.15, -0.1) is 0 Å². The number of hydrogen-bond donors (Lipinski definition) is 1. The van der Waals surface area contributed by atoms with Crippen LogP contribution in [0.4, 0.5) is 13.2 Å². The van der Waals surface area contributed by atoms with Crippen molar-refractivity contribution in [1.82, 2.24) is 4.90 Å². The summed E-state index contributed by atoms with van der Waals surface area (Å²) in [5.41, 5.74) is -0.449. The molecule has 2 saturated carbocycles. The number of carboxylic acid groups (broad SMARTS) is 1. The van der Waals surface area contributed by atoms with E-state index >= 15 is 0 Å². The van der Waals surface area contributed by atoms with Gasteiger partial charge in [0.2, 0.25) is 0 Å². The summed E-state index contributed by atoms with van der Waals surface area (Å²) in [5.74, 6) is -0.450. The van der Waals surface area contributed by atoms with E-state index in [-0.39, 0.29) is 35.2 Å². The fourth-order valence-electron chi connectivity index (χ4n) is 6.83.